The summed E-state index contributed by atoms with van der Waals surface area (Å²) < 4.78 is 12.5. The maximum atomic E-state index is 12.5. The second kappa shape index (κ2) is 2.26. The van der Waals surface area contributed by atoms with E-state index >= 15 is 0 Å². The van der Waals surface area contributed by atoms with Crippen LogP contribution in [0.1, 0.15) is 11.9 Å². The molecule has 0 fully saturated rings. The number of nitrogens with zero attached hydrogens (tertiary/aromatic N) is 3. The summed E-state index contributed by atoms with van der Waals surface area (Å²) in [5.41, 5.74) is 5.96. The third kappa shape index (κ3) is 0.874. The average molecular weight is 170 g/mol. The highest BCUT2D eigenvalue weighted by Gasteiger charge is 2.22. The summed E-state index contributed by atoms with van der Waals surface area (Å²) in [6.45, 7) is 0. The number of aromatic nitrogens is 2. The number of imidazole rings is 1. The van der Waals surface area contributed by atoms with Gasteiger partial charge in [0.1, 0.15) is 18.2 Å². The number of hydrazine groups is 1. The van der Waals surface area contributed by atoms with Crippen molar-refractivity contribution in [1.82, 2.24) is 15.0 Å². The van der Waals surface area contributed by atoms with Crippen molar-refractivity contribution in [2.75, 3.05) is 0 Å². The number of halogens is 1. The molecule has 1 aromatic heterocycles. The summed E-state index contributed by atoms with van der Waals surface area (Å²) in [5, 5.41) is 1.17. The molecule has 0 aliphatic carbocycles. The Hall–Kier alpha value is -1.47. The molecule has 5 N–H and O–H groups in total. The van der Waals surface area contributed by atoms with Gasteiger partial charge in [0.25, 0.3) is 6.08 Å². The third-order valence-electron chi connectivity index (χ3n) is 1.61. The molecular weight excluding hydrogens is 163 g/mol. The summed E-state index contributed by atoms with van der Waals surface area (Å²) in [7, 11) is 0. The van der Waals surface area contributed by atoms with Gasteiger partial charge in [-0.2, -0.15) is 9.37 Å². The van der Waals surface area contributed by atoms with Crippen molar-refractivity contribution in [1.29, 1.82) is 0 Å². The van der Waals surface area contributed by atoms with Crippen LogP contribution < -0.4 is 11.6 Å². The minimum atomic E-state index is -0.706. The van der Waals surface area contributed by atoms with Crippen LogP contribution in [0.3, 0.4) is 0 Å². The van der Waals surface area contributed by atoms with Gasteiger partial charge >= 0.3 is 0 Å². The molecule has 0 bridgehead atoms. The zero-order chi connectivity index (χ0) is 8.72. The highest BCUT2D eigenvalue weighted by atomic mass is 19.1. The van der Waals surface area contributed by atoms with Gasteiger partial charge in [-0.05, 0) is 0 Å². The van der Waals surface area contributed by atoms with E-state index in [1.165, 1.54) is 11.3 Å². The van der Waals surface area contributed by atoms with E-state index in [1.807, 2.05) is 0 Å². The monoisotopic (exact) mass is 170 g/mol. The molecule has 0 spiro atoms. The number of nitrogens with one attached hydrogen (secondary N) is 1. The number of hydrogen-bond acceptors (Lipinski definition) is 5. The first-order valence-electron chi connectivity index (χ1n) is 3.26. The Bertz CT molecular complexity index is 331. The lowest BCUT2D eigenvalue weighted by atomic mass is 10.3. The van der Waals surface area contributed by atoms with Gasteiger partial charge in [-0.3, -0.25) is 5.01 Å². The molecule has 0 amide bonds. The summed E-state index contributed by atoms with van der Waals surface area (Å²) in [6.07, 6.45) is -0.0230. The Morgan fingerprint density at radius 3 is 3.17 bits per heavy atom. The van der Waals surface area contributed by atoms with Crippen molar-refractivity contribution in [2.24, 2.45) is 16.6 Å². The minimum Gasteiger partial charge on any atom is -0.313 e. The molecule has 64 valence electrons. The van der Waals surface area contributed by atoms with Crippen LogP contribution in [0.5, 0.6) is 0 Å². The Labute approximate surface area is 67.1 Å². The van der Waals surface area contributed by atoms with Gasteiger partial charge in [0.15, 0.2) is 5.82 Å². The highest BCUT2D eigenvalue weighted by molar-refractivity contribution is 5.64. The quantitative estimate of drug-likeness (QED) is 0.451. The van der Waals surface area contributed by atoms with Crippen LogP contribution in [0.4, 0.5) is 10.2 Å². The molecule has 0 saturated heterocycles. The topological polar surface area (TPSA) is 96.3 Å². The van der Waals surface area contributed by atoms with Gasteiger partial charge in [-0.1, -0.05) is 0 Å². The van der Waals surface area contributed by atoms with Gasteiger partial charge < -0.3 is 10.7 Å². The molecule has 7 heteroatoms. The fourth-order valence-corrected chi connectivity index (χ4v) is 0.995. The zero-order valence-electron chi connectivity index (χ0n) is 6.03. The van der Waals surface area contributed by atoms with Crippen molar-refractivity contribution >= 4 is 12.2 Å². The number of rotatable bonds is 0. The number of aliphatic imine (C=N–C) groups is 1. The summed E-state index contributed by atoms with van der Waals surface area (Å²) in [5.74, 6) is 5.64. The maximum Gasteiger partial charge on any atom is 0.288 e. The van der Waals surface area contributed by atoms with E-state index in [1.54, 1.807) is 0 Å². The average Bonchev–Trinajstić information content (AvgIpc) is 2.39. The molecular formula is C5H7FN6. The van der Waals surface area contributed by atoms with Crippen LogP contribution in [-0.2, 0) is 0 Å². The normalized spacial score (nSPS) is 21.2. The Kier molecular flexibility index (Phi) is 1.35. The number of aromatic amines is 1. The summed E-state index contributed by atoms with van der Waals surface area (Å²) in [6, 6.07) is 0. The number of fused-ring (bicyclic) bond motifs is 1. The van der Waals surface area contributed by atoms with Gasteiger partial charge in [0.2, 0.25) is 0 Å². The van der Waals surface area contributed by atoms with Crippen molar-refractivity contribution in [3.8, 4) is 0 Å². The Morgan fingerprint density at radius 2 is 2.42 bits per heavy atom. The van der Waals surface area contributed by atoms with Gasteiger partial charge in [0.05, 0.1) is 0 Å². The smallest absolute Gasteiger partial charge is 0.288 e. The number of nitrogens with two attached hydrogens (primary N) is 2. The van der Waals surface area contributed by atoms with Crippen LogP contribution in [0, 0.1) is 6.08 Å². The fraction of sp³-hybridized carbons (Fsp3) is 0.200. The van der Waals surface area contributed by atoms with Crippen LogP contribution in [0.2, 0.25) is 0 Å². The van der Waals surface area contributed by atoms with Crippen LogP contribution >= 0.6 is 0 Å². The van der Waals surface area contributed by atoms with E-state index in [0.717, 1.165) is 0 Å². The largest absolute Gasteiger partial charge is 0.313 e. The molecule has 0 saturated carbocycles. The van der Waals surface area contributed by atoms with Crippen molar-refractivity contribution in [2.45, 2.75) is 6.17 Å². The summed E-state index contributed by atoms with van der Waals surface area (Å²) in [4.78, 5) is 9.55. The molecule has 1 atom stereocenters. The highest BCUT2D eigenvalue weighted by Crippen LogP contribution is 2.24. The molecule has 1 aliphatic heterocycles. The van der Waals surface area contributed by atoms with E-state index in [0.29, 0.717) is 5.69 Å². The second-order valence-corrected chi connectivity index (χ2v) is 2.40. The Balaban J connectivity index is 2.50. The number of H-pyrrole nitrogens is 1. The van der Waals surface area contributed by atoms with E-state index in [4.69, 9.17) is 11.6 Å². The fourth-order valence-electron chi connectivity index (χ4n) is 0.995. The standard InChI is InChI=1S/C5H7FN6/c6-5-10-2-3(7)12(8)1-9-4(2)11-5/h1,3H,7-8H2,(H,10,11). The van der Waals surface area contributed by atoms with Crippen LogP contribution in [0.15, 0.2) is 4.99 Å². The predicted octanol–water partition coefficient (Wildman–Crippen LogP) is -0.645. The molecule has 1 unspecified atom stereocenters. The minimum absolute atomic E-state index is 0.252. The van der Waals surface area contributed by atoms with Crippen molar-refractivity contribution in [3.63, 3.8) is 0 Å². The molecule has 0 radical (unpaired) electrons. The molecule has 2 rings (SSSR count). The molecule has 12 heavy (non-hydrogen) atoms. The van der Waals surface area contributed by atoms with Gasteiger partial charge in [0, 0.05) is 0 Å². The SMILES string of the molecule is NC1c2[nH]c(F)nc2N=CN1N. The van der Waals surface area contributed by atoms with Crippen LogP contribution in [0.25, 0.3) is 0 Å². The lowest BCUT2D eigenvalue weighted by molar-refractivity contribution is 0.333. The van der Waals surface area contributed by atoms with E-state index < -0.39 is 12.2 Å². The van der Waals surface area contributed by atoms with Gasteiger partial charge in [-0.25, -0.2) is 10.8 Å². The van der Waals surface area contributed by atoms with E-state index in [-0.39, 0.29) is 5.82 Å². The molecule has 6 nitrogen and oxygen atoms in total. The van der Waals surface area contributed by atoms with Crippen LogP contribution in [-0.4, -0.2) is 21.3 Å². The zero-order valence-corrected chi connectivity index (χ0v) is 6.03. The first kappa shape index (κ1) is 7.19. The van der Waals surface area contributed by atoms with Crippen molar-refractivity contribution < 1.29 is 4.39 Å². The third-order valence-corrected chi connectivity index (χ3v) is 1.61. The second-order valence-electron chi connectivity index (χ2n) is 2.40. The lowest BCUT2D eigenvalue weighted by Crippen LogP contribution is -2.40. The van der Waals surface area contributed by atoms with Gasteiger partial charge in [-0.15, -0.1) is 0 Å². The predicted molar refractivity (Wildman–Crippen MR) is 39.7 cm³/mol. The summed E-state index contributed by atoms with van der Waals surface area (Å²) >= 11 is 0. The Morgan fingerprint density at radius 1 is 1.67 bits per heavy atom. The molecule has 2 heterocycles. The first-order valence-corrected chi connectivity index (χ1v) is 3.26. The molecule has 0 aromatic carbocycles. The molecule has 1 aliphatic rings. The van der Waals surface area contributed by atoms with E-state index in [2.05, 4.69) is 15.0 Å². The van der Waals surface area contributed by atoms with Crippen molar-refractivity contribution in [3.05, 3.63) is 11.8 Å². The lowest BCUT2D eigenvalue weighted by Gasteiger charge is -2.23. The number of hydrogen-bond donors (Lipinski definition) is 3. The molecule has 1 aromatic rings. The van der Waals surface area contributed by atoms with E-state index in [9.17, 15) is 4.39 Å². The first-order chi connectivity index (χ1) is 5.68. The maximum absolute atomic E-state index is 12.5.